The fourth-order valence-corrected chi connectivity index (χ4v) is 7.61. The molecule has 2 atom stereocenters. The number of halogens is 3. The Bertz CT molecular complexity index is 2530. The van der Waals surface area contributed by atoms with Gasteiger partial charge in [-0.15, -0.1) is 12.4 Å². The lowest BCUT2D eigenvalue weighted by atomic mass is 9.88. The van der Waals surface area contributed by atoms with Gasteiger partial charge in [-0.25, -0.2) is 19.9 Å². The summed E-state index contributed by atoms with van der Waals surface area (Å²) >= 11 is 12.9. The Balaban J connectivity index is 0.000000302. The Hall–Kier alpha value is -5.58. The van der Waals surface area contributed by atoms with Crippen molar-refractivity contribution in [3.63, 3.8) is 0 Å². The molecule has 364 valence electrons. The molecule has 68 heavy (non-hydrogen) atoms. The van der Waals surface area contributed by atoms with E-state index in [0.29, 0.717) is 99.6 Å². The van der Waals surface area contributed by atoms with Crippen molar-refractivity contribution in [2.75, 3.05) is 21.3 Å². The molecule has 2 aromatic carbocycles. The monoisotopic (exact) mass is 989 g/mol. The Morgan fingerprint density at radius 3 is 1.46 bits per heavy atom. The van der Waals surface area contributed by atoms with Crippen LogP contribution >= 0.6 is 35.6 Å². The molecule has 0 saturated heterocycles. The fourth-order valence-electron chi connectivity index (χ4n) is 7.20. The molecule has 4 aromatic heterocycles. The first-order valence-corrected chi connectivity index (χ1v) is 23.3. The van der Waals surface area contributed by atoms with Crippen molar-refractivity contribution in [3.8, 4) is 69.3 Å². The molecule has 0 aliphatic heterocycles. The maximum Gasteiger partial charge on any atom is 0.320 e. The number of carbonyl (C=O) groups excluding carboxylic acids is 1. The smallest absolute Gasteiger partial charge is 0.320 e. The van der Waals surface area contributed by atoms with E-state index in [1.54, 1.807) is 43.8 Å². The summed E-state index contributed by atoms with van der Waals surface area (Å²) in [5, 5.41) is 1.01. The zero-order valence-corrected chi connectivity index (χ0v) is 42.5. The Morgan fingerprint density at radius 1 is 0.632 bits per heavy atom. The molecule has 6 rings (SSSR count). The minimum Gasteiger partial charge on any atom is -0.475 e. The van der Waals surface area contributed by atoms with E-state index in [9.17, 15) is 4.79 Å². The first kappa shape index (κ1) is 55.0. The molecule has 0 aliphatic rings. The van der Waals surface area contributed by atoms with Gasteiger partial charge in [0.1, 0.15) is 5.60 Å². The first-order chi connectivity index (χ1) is 32.3. The summed E-state index contributed by atoms with van der Waals surface area (Å²) in [5.74, 6) is 2.81. The lowest BCUT2D eigenvalue weighted by Gasteiger charge is -2.28. The predicted octanol–water partition coefficient (Wildman–Crippen LogP) is 11.2. The van der Waals surface area contributed by atoms with Gasteiger partial charge >= 0.3 is 12.0 Å². The molecule has 0 unspecified atom stereocenters. The van der Waals surface area contributed by atoms with Crippen LogP contribution in [-0.4, -0.2) is 84.8 Å². The van der Waals surface area contributed by atoms with Crippen LogP contribution in [0.3, 0.4) is 0 Å². The number of Topliss-reactive ketones (excluding diaryl/α,β-unsaturated/α-hetero) is 1. The van der Waals surface area contributed by atoms with Crippen LogP contribution in [-0.2, 0) is 22.5 Å². The molecule has 0 saturated carbocycles. The highest BCUT2D eigenvalue weighted by atomic mass is 35.5. The van der Waals surface area contributed by atoms with Gasteiger partial charge in [0, 0.05) is 66.9 Å². The number of hydrogen-bond acceptors (Lipinski definition) is 15. The third-order valence-corrected chi connectivity index (χ3v) is 11.7. The van der Waals surface area contributed by atoms with Crippen molar-refractivity contribution >= 4 is 41.4 Å². The minimum atomic E-state index is -0.742. The lowest BCUT2D eigenvalue weighted by molar-refractivity contribution is -0.142. The van der Waals surface area contributed by atoms with Gasteiger partial charge in [0.15, 0.2) is 29.1 Å². The van der Waals surface area contributed by atoms with E-state index in [1.165, 1.54) is 14.2 Å². The normalized spacial score (nSPS) is 11.9. The first-order valence-electron chi connectivity index (χ1n) is 22.5. The summed E-state index contributed by atoms with van der Waals surface area (Å²) in [4.78, 5) is 48.5. The summed E-state index contributed by atoms with van der Waals surface area (Å²) in [6.07, 6.45) is 9.74. The van der Waals surface area contributed by atoms with Crippen LogP contribution in [0.25, 0.3) is 45.6 Å². The summed E-state index contributed by atoms with van der Waals surface area (Å²) in [5.41, 5.74) is 9.58. The molecule has 2 N–H and O–H groups in total. The van der Waals surface area contributed by atoms with E-state index in [0.717, 1.165) is 36.8 Å². The average Bonchev–Trinajstić information content (AvgIpc) is 3.35. The molecule has 0 aliphatic carbocycles. The number of carbonyl (C=O) groups is 1. The van der Waals surface area contributed by atoms with Crippen molar-refractivity contribution in [2.24, 2.45) is 5.73 Å². The van der Waals surface area contributed by atoms with E-state index in [-0.39, 0.29) is 42.4 Å². The molecule has 0 amide bonds. The van der Waals surface area contributed by atoms with Crippen molar-refractivity contribution in [1.29, 1.82) is 0 Å². The maximum atomic E-state index is 12.9. The van der Waals surface area contributed by atoms with E-state index in [1.807, 2.05) is 64.1 Å². The number of ether oxygens (including phenoxy) is 5. The molecule has 18 heteroatoms. The third-order valence-electron chi connectivity index (χ3n) is 11.1. The fraction of sp³-hybridized carbons (Fsp3) is 0.420. The van der Waals surface area contributed by atoms with Crippen LogP contribution in [0.5, 0.6) is 23.8 Å². The summed E-state index contributed by atoms with van der Waals surface area (Å²) in [6.45, 7) is 12.6. The maximum absolute atomic E-state index is 12.9. The van der Waals surface area contributed by atoms with Crippen LogP contribution < -0.4 is 24.7 Å². The summed E-state index contributed by atoms with van der Waals surface area (Å²) in [6, 6.07) is 18.8. The van der Waals surface area contributed by atoms with Crippen LogP contribution in [0.15, 0.2) is 73.1 Å². The van der Waals surface area contributed by atoms with Crippen LogP contribution in [0, 0.1) is 0 Å². The van der Waals surface area contributed by atoms with Gasteiger partial charge in [-0.05, 0) is 93.5 Å². The number of methoxy groups -OCH3 is 3. The Kier molecular flexibility index (Phi) is 21.7. The molecule has 0 fully saturated rings. The number of rotatable bonds is 22. The van der Waals surface area contributed by atoms with E-state index >= 15 is 0 Å². The molecule has 0 bridgehead atoms. The van der Waals surface area contributed by atoms with Gasteiger partial charge < -0.3 is 29.4 Å². The van der Waals surface area contributed by atoms with Gasteiger partial charge in [0.05, 0.1) is 36.5 Å². The van der Waals surface area contributed by atoms with Gasteiger partial charge in [-0.2, -0.15) is 19.9 Å². The molecule has 6 aromatic rings. The molecule has 4 heterocycles. The third kappa shape index (κ3) is 14.7. The van der Waals surface area contributed by atoms with Crippen molar-refractivity contribution in [1.82, 2.24) is 39.9 Å². The second-order valence-corrected chi connectivity index (χ2v) is 16.6. The minimum absolute atomic E-state index is 0. The Morgan fingerprint density at radius 2 is 1.07 bits per heavy atom. The molecule has 0 spiro atoms. The zero-order valence-electron chi connectivity index (χ0n) is 40.2. The summed E-state index contributed by atoms with van der Waals surface area (Å²) < 4.78 is 27.9. The number of nitrogens with zero attached hydrogens (tertiary/aromatic N) is 8. The number of pyridine rings is 2. The van der Waals surface area contributed by atoms with Gasteiger partial charge in [-0.1, -0.05) is 75.9 Å². The average molecular weight is 991 g/mol. The molecule has 0 radical (unpaired) electrons. The zero-order chi connectivity index (χ0) is 48.5. The number of nitrogens with two attached hydrogens (primary N) is 1. The van der Waals surface area contributed by atoms with E-state index in [4.69, 9.17) is 52.6 Å². The topological polar surface area (TPSA) is 192 Å². The van der Waals surface area contributed by atoms with Crippen molar-refractivity contribution < 1.29 is 28.5 Å². The number of benzene rings is 2. The van der Waals surface area contributed by atoms with Crippen molar-refractivity contribution in [2.45, 2.75) is 117 Å². The second kappa shape index (κ2) is 26.8. The van der Waals surface area contributed by atoms with E-state index in [2.05, 4.69) is 53.7 Å². The number of aryl methyl sites for hydroxylation is 1. The van der Waals surface area contributed by atoms with Crippen LogP contribution in [0.2, 0.25) is 10.0 Å². The highest BCUT2D eigenvalue weighted by Gasteiger charge is 2.33. The van der Waals surface area contributed by atoms with Gasteiger partial charge in [0.2, 0.25) is 11.8 Å². The number of hydrogen-bond donors (Lipinski definition) is 1. The lowest BCUT2D eigenvalue weighted by Crippen LogP contribution is -2.39. The molecular formula is C50H62Cl3N9O6. The SMILES string of the molecule is CCC[C@@H](C)Oc1ccc(-c2nc(OC)nc(-c3cc(CCC(=O)C(CC)(CC)OC)ccc3Cl)n2)cn1.CCC[C@@H](C)Oc1ccc(-c2nc(OC)nc(-c3cc(CN)ccc3Cl)n2)cn1.Cl. The Labute approximate surface area is 415 Å². The summed E-state index contributed by atoms with van der Waals surface area (Å²) in [7, 11) is 4.60. The van der Waals surface area contributed by atoms with Gasteiger partial charge in [0.25, 0.3) is 0 Å². The van der Waals surface area contributed by atoms with Crippen LogP contribution in [0.4, 0.5) is 0 Å². The molecular weight excluding hydrogens is 929 g/mol. The highest BCUT2D eigenvalue weighted by Crippen LogP contribution is 2.32. The number of aromatic nitrogens is 8. The standard InChI is InChI=1S/C29H37ClN4O4.C21H24ClN5O2.ClH/c1-7-10-19(4)38-25-16-13-21(18-31-25)26-32-27(34-28(33-26)36-5)22-17-20(11-14-23(22)30)12-15-24(35)29(8-2,9-3)37-6;1-4-5-13(2)29-18-9-7-15(12-24-18)19-25-20(27-21(26-19)28-3)16-10-14(11-23)6-8-17(16)22;/h11,13-14,16-19H,7-10,12,15H2,1-6H3;6-10,12-13H,4-5,11,23H2,1-3H3;1H/t19-;13-;/m11./s1. The van der Waals surface area contributed by atoms with Crippen molar-refractivity contribution in [3.05, 3.63) is 94.2 Å². The quantitative estimate of drug-likeness (QED) is 0.0675. The number of ketones is 1. The van der Waals surface area contributed by atoms with Crippen LogP contribution in [0.1, 0.15) is 97.6 Å². The van der Waals surface area contributed by atoms with E-state index < -0.39 is 5.60 Å². The second-order valence-electron chi connectivity index (χ2n) is 15.8. The highest BCUT2D eigenvalue weighted by molar-refractivity contribution is 6.33. The molecule has 15 nitrogen and oxygen atoms in total. The van der Waals surface area contributed by atoms with Gasteiger partial charge in [-0.3, -0.25) is 4.79 Å². The largest absolute Gasteiger partial charge is 0.475 e. The predicted molar refractivity (Wildman–Crippen MR) is 269 cm³/mol.